The summed E-state index contributed by atoms with van der Waals surface area (Å²) in [6, 6.07) is 4.49. The predicted molar refractivity (Wildman–Crippen MR) is 60.4 cm³/mol. The lowest BCUT2D eigenvalue weighted by Crippen LogP contribution is -2.38. The highest BCUT2D eigenvalue weighted by Gasteiger charge is 2.23. The molecule has 4 heteroatoms. The van der Waals surface area contributed by atoms with Crippen LogP contribution < -0.4 is 5.32 Å². The molecule has 0 amide bonds. The Hall–Kier alpha value is -1.26. The molecule has 1 saturated heterocycles. The third kappa shape index (κ3) is 2.28. The zero-order chi connectivity index (χ0) is 11.5. The van der Waals surface area contributed by atoms with Gasteiger partial charge in [0.15, 0.2) is 11.5 Å². The minimum atomic E-state index is -0.633. The Morgan fingerprint density at radius 1 is 1.19 bits per heavy atom. The summed E-state index contributed by atoms with van der Waals surface area (Å²) in [5.41, 5.74) is 0.634. The molecule has 0 aliphatic carbocycles. The number of benzene rings is 1. The van der Waals surface area contributed by atoms with E-state index in [4.69, 9.17) is 0 Å². The normalized spacial score (nSPS) is 22.9. The van der Waals surface area contributed by atoms with Gasteiger partial charge in [-0.05, 0) is 37.1 Å². The molecule has 0 unspecified atom stereocenters. The number of hydrogen-bond donors (Lipinski definition) is 4. The summed E-state index contributed by atoms with van der Waals surface area (Å²) >= 11 is 0. The number of phenolic OH excluding ortho intramolecular Hbond substituents is 2. The SMILES string of the molecule is Oc1ccc([C@@H](O)[C@@H]2CCCCN2)cc1O. The Bertz CT molecular complexity index is 361. The first-order valence-electron chi connectivity index (χ1n) is 5.62. The number of aromatic hydroxyl groups is 2. The highest BCUT2D eigenvalue weighted by molar-refractivity contribution is 5.41. The molecule has 2 atom stereocenters. The zero-order valence-corrected chi connectivity index (χ0v) is 9.06. The molecule has 1 aliphatic rings. The van der Waals surface area contributed by atoms with Crippen LogP contribution in [0.15, 0.2) is 18.2 Å². The van der Waals surface area contributed by atoms with Crippen LogP contribution in [-0.2, 0) is 0 Å². The first-order valence-corrected chi connectivity index (χ1v) is 5.62. The van der Waals surface area contributed by atoms with Crippen molar-refractivity contribution in [3.8, 4) is 11.5 Å². The van der Waals surface area contributed by atoms with Crippen LogP contribution in [0.4, 0.5) is 0 Å². The van der Waals surface area contributed by atoms with Crippen molar-refractivity contribution in [2.24, 2.45) is 0 Å². The second-order valence-corrected chi connectivity index (χ2v) is 4.25. The fourth-order valence-electron chi connectivity index (χ4n) is 2.11. The molecule has 1 fully saturated rings. The van der Waals surface area contributed by atoms with Crippen molar-refractivity contribution >= 4 is 0 Å². The summed E-state index contributed by atoms with van der Waals surface area (Å²) in [7, 11) is 0. The molecule has 2 rings (SSSR count). The molecule has 0 spiro atoms. The van der Waals surface area contributed by atoms with Crippen molar-refractivity contribution in [3.05, 3.63) is 23.8 Å². The Kier molecular flexibility index (Phi) is 3.31. The van der Waals surface area contributed by atoms with E-state index in [0.717, 1.165) is 25.8 Å². The summed E-state index contributed by atoms with van der Waals surface area (Å²) < 4.78 is 0. The Morgan fingerprint density at radius 3 is 2.62 bits per heavy atom. The molecule has 0 bridgehead atoms. The number of piperidine rings is 1. The standard InChI is InChI=1S/C12H17NO3/c14-10-5-4-8(7-11(10)15)12(16)9-3-1-2-6-13-9/h4-5,7,9,12-16H,1-3,6H2/t9-,12+/m0/s1. The topological polar surface area (TPSA) is 72.7 Å². The van der Waals surface area contributed by atoms with Crippen molar-refractivity contribution in [3.63, 3.8) is 0 Å². The van der Waals surface area contributed by atoms with E-state index in [1.807, 2.05) is 0 Å². The van der Waals surface area contributed by atoms with Crippen molar-refractivity contribution in [1.82, 2.24) is 5.32 Å². The van der Waals surface area contributed by atoms with E-state index in [1.165, 1.54) is 12.1 Å². The monoisotopic (exact) mass is 223 g/mol. The van der Waals surface area contributed by atoms with Crippen molar-refractivity contribution < 1.29 is 15.3 Å². The van der Waals surface area contributed by atoms with Crippen LogP contribution in [-0.4, -0.2) is 27.9 Å². The van der Waals surface area contributed by atoms with Gasteiger partial charge < -0.3 is 20.6 Å². The number of aliphatic hydroxyl groups is 1. The quantitative estimate of drug-likeness (QED) is 0.570. The molecule has 0 saturated carbocycles. The van der Waals surface area contributed by atoms with Crippen molar-refractivity contribution in [2.45, 2.75) is 31.4 Å². The summed E-state index contributed by atoms with van der Waals surface area (Å²) in [6.07, 6.45) is 2.55. The van der Waals surface area contributed by atoms with Gasteiger partial charge in [0.05, 0.1) is 6.10 Å². The van der Waals surface area contributed by atoms with Crippen LogP contribution in [0.3, 0.4) is 0 Å². The van der Waals surface area contributed by atoms with Crippen LogP contribution in [0.25, 0.3) is 0 Å². The molecule has 88 valence electrons. The Labute approximate surface area is 94.5 Å². The second-order valence-electron chi connectivity index (χ2n) is 4.25. The molecular formula is C12H17NO3. The molecule has 4 N–H and O–H groups in total. The first kappa shape index (κ1) is 11.2. The lowest BCUT2D eigenvalue weighted by molar-refractivity contribution is 0.113. The van der Waals surface area contributed by atoms with Crippen LogP contribution in [0.1, 0.15) is 30.9 Å². The van der Waals surface area contributed by atoms with Gasteiger partial charge in [0.2, 0.25) is 0 Å². The highest BCUT2D eigenvalue weighted by Crippen LogP contribution is 2.30. The maximum Gasteiger partial charge on any atom is 0.157 e. The van der Waals surface area contributed by atoms with Crippen LogP contribution in [0, 0.1) is 0 Å². The fourth-order valence-corrected chi connectivity index (χ4v) is 2.11. The second kappa shape index (κ2) is 4.72. The van der Waals surface area contributed by atoms with E-state index >= 15 is 0 Å². The number of hydrogen-bond acceptors (Lipinski definition) is 4. The van der Waals surface area contributed by atoms with Crippen LogP contribution in [0.2, 0.25) is 0 Å². The van der Waals surface area contributed by atoms with E-state index in [0.29, 0.717) is 5.56 Å². The first-order chi connectivity index (χ1) is 7.68. The lowest BCUT2D eigenvalue weighted by atomic mass is 9.95. The predicted octanol–water partition coefficient (Wildman–Crippen LogP) is 1.27. The van der Waals surface area contributed by atoms with Gasteiger partial charge in [-0.25, -0.2) is 0 Å². The zero-order valence-electron chi connectivity index (χ0n) is 9.06. The molecule has 1 heterocycles. The average molecular weight is 223 g/mol. The van der Waals surface area contributed by atoms with Gasteiger partial charge in [-0.3, -0.25) is 0 Å². The van der Waals surface area contributed by atoms with Crippen LogP contribution >= 0.6 is 0 Å². The molecule has 0 radical (unpaired) electrons. The molecule has 1 aromatic carbocycles. The number of rotatable bonds is 2. The average Bonchev–Trinajstić information content (AvgIpc) is 2.33. The van der Waals surface area contributed by atoms with Gasteiger partial charge in [0, 0.05) is 6.04 Å². The minimum Gasteiger partial charge on any atom is -0.504 e. The summed E-state index contributed by atoms with van der Waals surface area (Å²) in [6.45, 7) is 0.922. The van der Waals surface area contributed by atoms with Crippen LogP contribution in [0.5, 0.6) is 11.5 Å². The van der Waals surface area contributed by atoms with E-state index in [2.05, 4.69) is 5.32 Å². The number of nitrogens with one attached hydrogen (secondary N) is 1. The molecular weight excluding hydrogens is 206 g/mol. The van der Waals surface area contributed by atoms with Gasteiger partial charge in [-0.15, -0.1) is 0 Å². The highest BCUT2D eigenvalue weighted by atomic mass is 16.3. The van der Waals surface area contributed by atoms with Crippen molar-refractivity contribution in [1.29, 1.82) is 0 Å². The minimum absolute atomic E-state index is 0.0395. The van der Waals surface area contributed by atoms with Gasteiger partial charge in [0.1, 0.15) is 0 Å². The summed E-state index contributed by atoms with van der Waals surface area (Å²) in [5.74, 6) is -0.347. The van der Waals surface area contributed by atoms with Gasteiger partial charge >= 0.3 is 0 Å². The maximum atomic E-state index is 10.1. The van der Waals surface area contributed by atoms with Gasteiger partial charge in [-0.2, -0.15) is 0 Å². The number of phenols is 2. The smallest absolute Gasteiger partial charge is 0.157 e. The molecule has 1 aliphatic heterocycles. The maximum absolute atomic E-state index is 10.1. The van der Waals surface area contributed by atoms with Gasteiger partial charge in [0.25, 0.3) is 0 Å². The fraction of sp³-hybridized carbons (Fsp3) is 0.500. The van der Waals surface area contributed by atoms with Gasteiger partial charge in [-0.1, -0.05) is 12.5 Å². The lowest BCUT2D eigenvalue weighted by Gasteiger charge is -2.28. The number of aliphatic hydroxyl groups excluding tert-OH is 1. The van der Waals surface area contributed by atoms with E-state index in [9.17, 15) is 15.3 Å². The summed E-state index contributed by atoms with van der Waals surface area (Å²) in [5, 5.41) is 31.9. The summed E-state index contributed by atoms with van der Waals surface area (Å²) in [4.78, 5) is 0. The third-order valence-electron chi connectivity index (χ3n) is 3.07. The Balaban J connectivity index is 2.12. The van der Waals surface area contributed by atoms with E-state index in [1.54, 1.807) is 6.07 Å². The van der Waals surface area contributed by atoms with Crippen molar-refractivity contribution in [2.75, 3.05) is 6.54 Å². The largest absolute Gasteiger partial charge is 0.504 e. The van der Waals surface area contributed by atoms with E-state index < -0.39 is 6.10 Å². The molecule has 16 heavy (non-hydrogen) atoms. The molecule has 1 aromatic rings. The van der Waals surface area contributed by atoms with E-state index in [-0.39, 0.29) is 17.5 Å². The molecule has 0 aromatic heterocycles. The Morgan fingerprint density at radius 2 is 2.00 bits per heavy atom. The molecule has 4 nitrogen and oxygen atoms in total. The third-order valence-corrected chi connectivity index (χ3v) is 3.07.